The van der Waals surface area contributed by atoms with Gasteiger partial charge in [0.2, 0.25) is 0 Å². The number of alkyl halides is 2. The Morgan fingerprint density at radius 3 is 2.50 bits per heavy atom. The molecule has 0 radical (unpaired) electrons. The molecule has 0 aliphatic rings. The van der Waals surface area contributed by atoms with Gasteiger partial charge in [0, 0.05) is 5.56 Å². The Morgan fingerprint density at radius 1 is 1.44 bits per heavy atom. The van der Waals surface area contributed by atoms with Gasteiger partial charge in [0.1, 0.15) is 5.75 Å². The van der Waals surface area contributed by atoms with Gasteiger partial charge in [0.15, 0.2) is 12.1 Å². The molecule has 1 rings (SSSR count). The van der Waals surface area contributed by atoms with E-state index in [2.05, 4.69) is 4.74 Å². The monoisotopic (exact) mass is 228 g/mol. The van der Waals surface area contributed by atoms with Gasteiger partial charge in [-0.05, 0) is 31.5 Å². The highest BCUT2D eigenvalue weighted by atomic mass is 19.3. The van der Waals surface area contributed by atoms with Gasteiger partial charge in [0.05, 0.1) is 5.56 Å². The third kappa shape index (κ3) is 2.62. The minimum absolute atomic E-state index is 0.0505. The first-order valence-electron chi connectivity index (χ1n) is 4.51. The maximum Gasteiger partial charge on any atom is 0.387 e. The number of ether oxygens (including phenoxy) is 1. The fourth-order valence-corrected chi connectivity index (χ4v) is 1.34. The summed E-state index contributed by atoms with van der Waals surface area (Å²) in [7, 11) is 0. The molecule has 1 aromatic carbocycles. The number of hydrogen-bond donors (Lipinski definition) is 0. The number of ketones is 1. The Morgan fingerprint density at radius 2 is 2.06 bits per heavy atom. The topological polar surface area (TPSA) is 43.4 Å². The van der Waals surface area contributed by atoms with Crippen LogP contribution in [-0.4, -0.2) is 18.7 Å². The molecule has 86 valence electrons. The van der Waals surface area contributed by atoms with Crippen LogP contribution in [-0.2, 0) is 0 Å². The Balaban J connectivity index is 3.28. The minimum atomic E-state index is -3.00. The summed E-state index contributed by atoms with van der Waals surface area (Å²) in [6.07, 6.45) is 0.386. The van der Waals surface area contributed by atoms with Crippen molar-refractivity contribution in [3.05, 3.63) is 28.8 Å². The Bertz CT molecular complexity index is 427. The van der Waals surface area contributed by atoms with Gasteiger partial charge in [-0.1, -0.05) is 0 Å². The van der Waals surface area contributed by atoms with Gasteiger partial charge in [-0.2, -0.15) is 8.78 Å². The van der Waals surface area contributed by atoms with Crippen molar-refractivity contribution < 1.29 is 23.1 Å². The number of aldehydes is 1. The van der Waals surface area contributed by atoms with Gasteiger partial charge in [-0.15, -0.1) is 0 Å². The lowest BCUT2D eigenvalue weighted by atomic mass is 10.0. The molecule has 0 fully saturated rings. The largest absolute Gasteiger partial charge is 0.434 e. The van der Waals surface area contributed by atoms with Crippen LogP contribution in [0.2, 0.25) is 0 Å². The van der Waals surface area contributed by atoms with Gasteiger partial charge in [-0.25, -0.2) is 0 Å². The number of aryl methyl sites for hydroxylation is 1. The third-order valence-corrected chi connectivity index (χ3v) is 2.04. The maximum atomic E-state index is 12.1. The highest BCUT2D eigenvalue weighted by molar-refractivity contribution is 5.96. The number of rotatable bonds is 4. The molecule has 1 aromatic rings. The maximum absolute atomic E-state index is 12.1. The van der Waals surface area contributed by atoms with E-state index in [0.717, 1.165) is 0 Å². The van der Waals surface area contributed by atoms with E-state index in [9.17, 15) is 18.4 Å². The van der Waals surface area contributed by atoms with E-state index in [1.165, 1.54) is 26.0 Å². The van der Waals surface area contributed by atoms with Crippen LogP contribution >= 0.6 is 0 Å². The molecule has 0 heterocycles. The second-order valence-electron chi connectivity index (χ2n) is 3.26. The third-order valence-electron chi connectivity index (χ3n) is 2.04. The summed E-state index contributed by atoms with van der Waals surface area (Å²) in [5.74, 6) is -0.426. The van der Waals surface area contributed by atoms with Gasteiger partial charge in [-0.3, -0.25) is 9.59 Å². The molecule has 0 amide bonds. The molecule has 0 aliphatic carbocycles. The van der Waals surface area contributed by atoms with Crippen molar-refractivity contribution in [3.8, 4) is 5.75 Å². The van der Waals surface area contributed by atoms with Crippen LogP contribution < -0.4 is 4.74 Å². The lowest BCUT2D eigenvalue weighted by molar-refractivity contribution is -0.0505. The lowest BCUT2D eigenvalue weighted by Gasteiger charge is -2.11. The van der Waals surface area contributed by atoms with Crippen LogP contribution in [0.5, 0.6) is 5.75 Å². The van der Waals surface area contributed by atoms with Crippen molar-refractivity contribution in [1.82, 2.24) is 0 Å². The van der Waals surface area contributed by atoms with Gasteiger partial charge in [0.25, 0.3) is 0 Å². The Hall–Kier alpha value is -1.78. The van der Waals surface area contributed by atoms with Crippen molar-refractivity contribution in [2.24, 2.45) is 0 Å². The summed E-state index contributed by atoms with van der Waals surface area (Å²) in [6, 6.07) is 2.65. The SMILES string of the molecule is CC(=O)c1cc(C)c(OC(F)F)c(C=O)c1. The van der Waals surface area contributed by atoms with Gasteiger partial charge < -0.3 is 4.74 Å². The van der Waals surface area contributed by atoms with E-state index in [-0.39, 0.29) is 17.1 Å². The van der Waals surface area contributed by atoms with Crippen molar-refractivity contribution in [1.29, 1.82) is 0 Å². The number of benzene rings is 1. The zero-order valence-corrected chi connectivity index (χ0v) is 8.79. The predicted molar refractivity (Wildman–Crippen MR) is 53.2 cm³/mol. The smallest absolute Gasteiger partial charge is 0.387 e. The summed E-state index contributed by atoms with van der Waals surface area (Å²) in [4.78, 5) is 21.8. The van der Waals surface area contributed by atoms with Crippen LogP contribution in [0.1, 0.15) is 33.2 Å². The van der Waals surface area contributed by atoms with Crippen LogP contribution in [0.4, 0.5) is 8.78 Å². The Labute approximate surface area is 91.0 Å². The molecule has 0 spiro atoms. The summed E-state index contributed by atoms with van der Waals surface area (Å²) in [5.41, 5.74) is 0.571. The molecule has 0 bridgehead atoms. The molecule has 0 aromatic heterocycles. The molecule has 0 saturated heterocycles. The van der Waals surface area contributed by atoms with E-state index < -0.39 is 6.61 Å². The van der Waals surface area contributed by atoms with Crippen LogP contribution in [0.3, 0.4) is 0 Å². The minimum Gasteiger partial charge on any atom is -0.434 e. The first-order chi connectivity index (χ1) is 7.45. The van der Waals surface area contributed by atoms with Crippen LogP contribution in [0.25, 0.3) is 0 Å². The van der Waals surface area contributed by atoms with E-state index in [4.69, 9.17) is 0 Å². The molecule has 5 heteroatoms. The van der Waals surface area contributed by atoms with E-state index >= 15 is 0 Å². The van der Waals surface area contributed by atoms with Crippen molar-refractivity contribution in [2.75, 3.05) is 0 Å². The second-order valence-corrected chi connectivity index (χ2v) is 3.26. The van der Waals surface area contributed by atoms with E-state index in [1.54, 1.807) is 0 Å². The number of carbonyl (C=O) groups is 2. The molecule has 0 unspecified atom stereocenters. The first kappa shape index (κ1) is 12.3. The number of hydrogen-bond acceptors (Lipinski definition) is 3. The van der Waals surface area contributed by atoms with Crippen LogP contribution in [0.15, 0.2) is 12.1 Å². The lowest BCUT2D eigenvalue weighted by Crippen LogP contribution is -2.07. The molecule has 16 heavy (non-hydrogen) atoms. The summed E-state index contributed by atoms with van der Waals surface area (Å²) >= 11 is 0. The van der Waals surface area contributed by atoms with Crippen molar-refractivity contribution >= 4 is 12.1 Å². The Kier molecular flexibility index (Phi) is 3.71. The molecular formula is C11H10F2O3. The van der Waals surface area contributed by atoms with Gasteiger partial charge >= 0.3 is 6.61 Å². The highest BCUT2D eigenvalue weighted by Gasteiger charge is 2.14. The molecule has 0 atom stereocenters. The predicted octanol–water partition coefficient (Wildman–Crippen LogP) is 2.61. The molecular weight excluding hydrogens is 218 g/mol. The number of Topliss-reactive ketones (excluding diaryl/α,β-unsaturated/α-hetero) is 1. The fraction of sp³-hybridized carbons (Fsp3) is 0.273. The summed E-state index contributed by atoms with van der Waals surface area (Å²) in [5, 5.41) is 0. The standard InChI is InChI=1S/C11H10F2O3/c1-6-3-8(7(2)15)4-9(5-14)10(6)16-11(12)13/h3-5,11H,1-2H3. The second kappa shape index (κ2) is 4.83. The molecule has 0 aliphatic heterocycles. The average Bonchev–Trinajstić information content (AvgIpc) is 2.19. The zero-order valence-electron chi connectivity index (χ0n) is 8.79. The first-order valence-corrected chi connectivity index (χ1v) is 4.51. The van der Waals surface area contributed by atoms with Crippen molar-refractivity contribution in [2.45, 2.75) is 20.5 Å². The number of halogens is 2. The normalized spacial score (nSPS) is 10.3. The molecule has 0 saturated carbocycles. The van der Waals surface area contributed by atoms with E-state index in [1.807, 2.05) is 0 Å². The summed E-state index contributed by atoms with van der Waals surface area (Å²) in [6.45, 7) is -0.172. The van der Waals surface area contributed by atoms with E-state index in [0.29, 0.717) is 17.4 Å². The van der Waals surface area contributed by atoms with Crippen LogP contribution in [0, 0.1) is 6.92 Å². The summed E-state index contributed by atoms with van der Waals surface area (Å²) < 4.78 is 28.4. The quantitative estimate of drug-likeness (QED) is 0.587. The number of carbonyl (C=O) groups excluding carboxylic acids is 2. The average molecular weight is 228 g/mol. The molecule has 0 N–H and O–H groups in total. The fourth-order valence-electron chi connectivity index (χ4n) is 1.34. The van der Waals surface area contributed by atoms with Crippen molar-refractivity contribution in [3.63, 3.8) is 0 Å². The molecule has 3 nitrogen and oxygen atoms in total. The zero-order chi connectivity index (χ0) is 12.3. The highest BCUT2D eigenvalue weighted by Crippen LogP contribution is 2.26.